The molecule has 0 unspecified atom stereocenters. The molecule has 0 fully saturated rings. The van der Waals surface area contributed by atoms with E-state index in [2.05, 4.69) is 5.92 Å². The molecule has 3 aromatic rings. The van der Waals surface area contributed by atoms with E-state index in [1.807, 2.05) is 0 Å². The van der Waals surface area contributed by atoms with Gasteiger partial charge in [-0.3, -0.25) is 0 Å². The maximum Gasteiger partial charge on any atom is 0.287 e. The molecule has 0 N–H and O–H groups in total. The lowest BCUT2D eigenvalue weighted by atomic mass is 10.2. The van der Waals surface area contributed by atoms with Gasteiger partial charge in [0.15, 0.2) is 0 Å². The zero-order valence-corrected chi connectivity index (χ0v) is 10.4. The minimum atomic E-state index is 0.106. The lowest BCUT2D eigenvalue weighted by Crippen LogP contribution is -2.19. The van der Waals surface area contributed by atoms with Gasteiger partial charge in [0.1, 0.15) is 23.4 Å². The topological polar surface area (TPSA) is 60.2 Å². The lowest BCUT2D eigenvalue weighted by molar-refractivity contribution is -0.432. The van der Waals surface area contributed by atoms with Crippen molar-refractivity contribution < 1.29 is 9.16 Å². The fraction of sp³-hybridized carbons (Fsp3) is 0.0667. The molecule has 98 valence electrons. The van der Waals surface area contributed by atoms with Crippen molar-refractivity contribution in [2.45, 2.75) is 0 Å². The molecule has 0 aliphatic heterocycles. The molecule has 0 atom stereocenters. The maximum atomic E-state index is 12.3. The van der Waals surface area contributed by atoms with Crippen LogP contribution in [0.1, 0.15) is 0 Å². The molecule has 5 heteroatoms. The number of hydrogen-bond acceptors (Lipinski definition) is 3. The van der Waals surface area contributed by atoms with Crippen molar-refractivity contribution in [1.82, 2.24) is 4.73 Å². The normalized spacial score (nSPS) is 10.6. The van der Waals surface area contributed by atoms with E-state index in [0.717, 1.165) is 9.16 Å². The monoisotopic (exact) mass is 266 g/mol. The highest BCUT2D eigenvalue weighted by Gasteiger charge is 2.15. The van der Waals surface area contributed by atoms with Crippen LogP contribution in [0.4, 0.5) is 0 Å². The van der Waals surface area contributed by atoms with Crippen LogP contribution in [0, 0.1) is 22.5 Å². The Balaban J connectivity index is 2.35. The van der Waals surface area contributed by atoms with Gasteiger partial charge in [-0.05, 0) is 12.1 Å². The minimum absolute atomic E-state index is 0.106. The Morgan fingerprint density at radius 2 is 1.95 bits per heavy atom. The summed E-state index contributed by atoms with van der Waals surface area (Å²) >= 11 is 0. The standard InChI is InChI=1S/C15H10N2O3/c1-2-9-20-11-7-8-14-15(10-11)17(19)13-6-4-3-5-12(13)16(14)18/h1,3-8,10H,9H2. The fourth-order valence-corrected chi connectivity index (χ4v) is 2.12. The van der Waals surface area contributed by atoms with E-state index in [1.165, 1.54) is 6.07 Å². The Hall–Kier alpha value is -3.00. The molecule has 0 amide bonds. The predicted molar refractivity (Wildman–Crippen MR) is 75.9 cm³/mol. The van der Waals surface area contributed by atoms with Crippen LogP contribution in [0.2, 0.25) is 0 Å². The number of nitrogens with zero attached hydrogens (tertiary/aromatic N) is 2. The first kappa shape index (κ1) is 12.1. The maximum absolute atomic E-state index is 12.3. The average Bonchev–Trinajstić information content (AvgIpc) is 2.50. The molecule has 5 nitrogen and oxygen atoms in total. The van der Waals surface area contributed by atoms with Crippen LogP contribution in [0.3, 0.4) is 0 Å². The molecule has 2 aromatic carbocycles. The van der Waals surface area contributed by atoms with Gasteiger partial charge in [-0.1, -0.05) is 18.1 Å². The van der Waals surface area contributed by atoms with Crippen LogP contribution in [0.15, 0.2) is 42.5 Å². The number of hydrogen-bond donors (Lipinski definition) is 0. The SMILES string of the molecule is C#CCOc1ccc2c(c1)n([O-])c1ccccc1[n+]2=O. The first-order valence-corrected chi connectivity index (χ1v) is 5.96. The van der Waals surface area contributed by atoms with Gasteiger partial charge >= 0.3 is 0 Å². The molecule has 20 heavy (non-hydrogen) atoms. The number of para-hydroxylation sites is 2. The molecule has 0 saturated carbocycles. The molecular formula is C15H10N2O3. The van der Waals surface area contributed by atoms with Crippen LogP contribution < -0.4 is 9.16 Å². The van der Waals surface area contributed by atoms with E-state index in [0.29, 0.717) is 16.8 Å². The number of ether oxygens (including phenoxy) is 1. The zero-order valence-electron chi connectivity index (χ0n) is 10.4. The highest BCUT2D eigenvalue weighted by molar-refractivity contribution is 5.83. The van der Waals surface area contributed by atoms with Gasteiger partial charge < -0.3 is 14.7 Å². The Kier molecular flexibility index (Phi) is 2.77. The summed E-state index contributed by atoms with van der Waals surface area (Å²) in [6, 6.07) is 11.3. The number of benzene rings is 2. The first-order chi connectivity index (χ1) is 9.72. The summed E-state index contributed by atoms with van der Waals surface area (Å²) in [6.45, 7) is 0.106. The Labute approximate surface area is 114 Å². The van der Waals surface area contributed by atoms with Crippen LogP contribution in [0.25, 0.3) is 22.1 Å². The van der Waals surface area contributed by atoms with Gasteiger partial charge in [0.25, 0.3) is 11.0 Å². The van der Waals surface area contributed by atoms with Crippen molar-refractivity contribution in [2.75, 3.05) is 6.61 Å². The minimum Gasteiger partial charge on any atom is -0.805 e. The average molecular weight is 266 g/mol. The van der Waals surface area contributed by atoms with E-state index >= 15 is 0 Å². The predicted octanol–water partition coefficient (Wildman–Crippen LogP) is 2.07. The van der Waals surface area contributed by atoms with Gasteiger partial charge in [0.2, 0.25) is 0 Å². The van der Waals surface area contributed by atoms with Crippen molar-refractivity contribution in [2.24, 2.45) is 0 Å². The summed E-state index contributed by atoms with van der Waals surface area (Å²) in [5.41, 5.74) is 1.16. The second-order valence-electron chi connectivity index (χ2n) is 4.22. The molecule has 0 aliphatic carbocycles. The summed E-state index contributed by atoms with van der Waals surface area (Å²) in [5, 5.41) is 12.3. The second kappa shape index (κ2) is 4.59. The van der Waals surface area contributed by atoms with Crippen molar-refractivity contribution in [3.63, 3.8) is 0 Å². The summed E-state index contributed by atoms with van der Waals surface area (Å²) < 4.78 is 6.73. The summed E-state index contributed by atoms with van der Waals surface area (Å²) in [7, 11) is 0. The molecule has 1 heterocycles. The van der Waals surface area contributed by atoms with Crippen molar-refractivity contribution in [1.29, 1.82) is 0 Å². The molecule has 1 aromatic heterocycles. The van der Waals surface area contributed by atoms with E-state index < -0.39 is 0 Å². The zero-order chi connectivity index (χ0) is 14.1. The Morgan fingerprint density at radius 3 is 2.75 bits per heavy atom. The van der Waals surface area contributed by atoms with Crippen molar-refractivity contribution >= 4 is 22.1 Å². The number of terminal acetylenes is 1. The highest BCUT2D eigenvalue weighted by atomic mass is 16.5. The fourth-order valence-electron chi connectivity index (χ4n) is 2.12. The summed E-state index contributed by atoms with van der Waals surface area (Å²) in [4.78, 5) is 12.3. The van der Waals surface area contributed by atoms with Crippen LogP contribution in [0.5, 0.6) is 5.75 Å². The van der Waals surface area contributed by atoms with Gasteiger partial charge in [0, 0.05) is 23.1 Å². The van der Waals surface area contributed by atoms with E-state index in [4.69, 9.17) is 11.2 Å². The molecular weight excluding hydrogens is 256 g/mol. The third kappa shape index (κ3) is 1.75. The van der Waals surface area contributed by atoms with Crippen LogP contribution >= 0.6 is 0 Å². The molecule has 0 saturated heterocycles. The van der Waals surface area contributed by atoms with Gasteiger partial charge in [-0.2, -0.15) is 0 Å². The first-order valence-electron chi connectivity index (χ1n) is 5.96. The molecule has 0 aliphatic rings. The highest BCUT2D eigenvalue weighted by Crippen LogP contribution is 2.21. The van der Waals surface area contributed by atoms with E-state index in [9.17, 15) is 10.1 Å². The molecule has 0 bridgehead atoms. The number of fused-ring (bicyclic) bond motifs is 2. The summed E-state index contributed by atoms with van der Waals surface area (Å²) in [6.07, 6.45) is 5.12. The van der Waals surface area contributed by atoms with Crippen molar-refractivity contribution in [3.8, 4) is 18.1 Å². The van der Waals surface area contributed by atoms with E-state index in [-0.39, 0.29) is 17.6 Å². The quantitative estimate of drug-likeness (QED) is 0.405. The number of rotatable bonds is 2. The van der Waals surface area contributed by atoms with Crippen LogP contribution in [-0.2, 0) is 0 Å². The Morgan fingerprint density at radius 1 is 1.20 bits per heavy atom. The van der Waals surface area contributed by atoms with Crippen LogP contribution in [-0.4, -0.2) is 11.3 Å². The third-order valence-corrected chi connectivity index (χ3v) is 3.03. The van der Waals surface area contributed by atoms with Crippen molar-refractivity contribution in [3.05, 3.63) is 52.6 Å². The van der Waals surface area contributed by atoms with Gasteiger partial charge in [-0.15, -0.1) is 6.42 Å². The van der Waals surface area contributed by atoms with Gasteiger partial charge in [0.05, 0.1) is 4.43 Å². The lowest BCUT2D eigenvalue weighted by Gasteiger charge is -2.14. The van der Waals surface area contributed by atoms with E-state index in [1.54, 1.807) is 36.4 Å². The summed E-state index contributed by atoms with van der Waals surface area (Å²) in [5.74, 6) is 2.80. The second-order valence-corrected chi connectivity index (χ2v) is 4.22. The molecule has 3 rings (SSSR count). The third-order valence-electron chi connectivity index (χ3n) is 3.03. The smallest absolute Gasteiger partial charge is 0.287 e. The Bertz CT molecular complexity index is 907. The largest absolute Gasteiger partial charge is 0.805 e. The van der Waals surface area contributed by atoms with Gasteiger partial charge in [-0.25, -0.2) is 0 Å². The molecule has 0 radical (unpaired) electrons. The molecule has 0 spiro atoms. The number of aromatic nitrogens is 2.